The third-order valence-corrected chi connectivity index (χ3v) is 6.12. The van der Waals surface area contributed by atoms with Crippen LogP contribution in [0.5, 0.6) is 0 Å². The molecule has 2 bridgehead atoms. The molecule has 130 valence electrons. The third kappa shape index (κ3) is 2.18. The first kappa shape index (κ1) is 15.8. The second-order valence-electron chi connectivity index (χ2n) is 7.31. The second-order valence-corrected chi connectivity index (χ2v) is 7.31. The number of aliphatic carboxylic acids is 1. The zero-order valence-corrected chi connectivity index (χ0v) is 13.6. The van der Waals surface area contributed by atoms with Gasteiger partial charge in [0.25, 0.3) is 5.69 Å². The van der Waals surface area contributed by atoms with Crippen LogP contribution in [-0.4, -0.2) is 21.9 Å². The van der Waals surface area contributed by atoms with Crippen LogP contribution in [0.2, 0.25) is 0 Å². The van der Waals surface area contributed by atoms with Crippen LogP contribution < -0.4 is 5.32 Å². The number of nitro groups is 1. The van der Waals surface area contributed by atoms with Crippen molar-refractivity contribution < 1.29 is 19.6 Å². The minimum absolute atomic E-state index is 0.0528. The van der Waals surface area contributed by atoms with Gasteiger partial charge in [-0.3, -0.25) is 19.7 Å². The molecule has 1 aromatic rings. The second kappa shape index (κ2) is 5.15. The molecule has 0 aliphatic heterocycles. The number of carboxylic acid groups (broad SMARTS) is 1. The number of nitrogens with zero attached hydrogens (tertiary/aromatic N) is 1. The van der Waals surface area contributed by atoms with Crippen LogP contribution in [0, 0.1) is 46.1 Å². The largest absolute Gasteiger partial charge is 0.481 e. The van der Waals surface area contributed by atoms with E-state index in [4.69, 9.17) is 0 Å². The summed E-state index contributed by atoms with van der Waals surface area (Å²) in [6.07, 6.45) is 5.86. The van der Waals surface area contributed by atoms with E-state index in [1.165, 1.54) is 12.1 Å². The summed E-state index contributed by atoms with van der Waals surface area (Å²) in [4.78, 5) is 35.1. The van der Waals surface area contributed by atoms with Gasteiger partial charge in [-0.2, -0.15) is 0 Å². The maximum atomic E-state index is 12.9. The molecule has 2 fully saturated rings. The molecule has 3 aliphatic carbocycles. The van der Waals surface area contributed by atoms with Gasteiger partial charge < -0.3 is 10.4 Å². The van der Waals surface area contributed by atoms with Crippen molar-refractivity contribution in [1.29, 1.82) is 0 Å². The van der Waals surface area contributed by atoms with E-state index in [1.807, 2.05) is 12.2 Å². The molecule has 3 aliphatic rings. The highest BCUT2D eigenvalue weighted by atomic mass is 16.6. The summed E-state index contributed by atoms with van der Waals surface area (Å²) in [7, 11) is 0. The fourth-order valence-electron chi connectivity index (χ4n) is 4.76. The molecule has 0 radical (unpaired) electrons. The molecule has 0 unspecified atom stereocenters. The zero-order chi connectivity index (χ0) is 17.9. The molecule has 7 heteroatoms. The lowest BCUT2D eigenvalue weighted by molar-refractivity contribution is -0.384. The lowest BCUT2D eigenvalue weighted by atomic mass is 9.82. The van der Waals surface area contributed by atoms with E-state index >= 15 is 0 Å². The summed E-state index contributed by atoms with van der Waals surface area (Å²) < 4.78 is 0. The standard InChI is InChI=1S/C18H18N2O5/c1-9-2-3-10(20(24)25)8-13(9)19-16(21)14-11-4-5-12(15(14)17(22)23)18(11)6-7-18/h2-5,8,11-12,14-15H,6-7H2,1H3,(H,19,21)(H,22,23)/t11-,12+,14+,15+/m1/s1. The minimum atomic E-state index is -0.945. The Morgan fingerprint density at radius 2 is 1.88 bits per heavy atom. The van der Waals surface area contributed by atoms with Crippen LogP contribution >= 0.6 is 0 Å². The summed E-state index contributed by atoms with van der Waals surface area (Å²) in [5, 5.41) is 23.3. The van der Waals surface area contributed by atoms with E-state index in [0.29, 0.717) is 11.3 Å². The first-order valence-electron chi connectivity index (χ1n) is 8.32. The Balaban J connectivity index is 1.63. The number of aryl methyl sites for hydroxylation is 1. The number of benzene rings is 1. The molecule has 25 heavy (non-hydrogen) atoms. The average molecular weight is 342 g/mol. The molecule has 4 rings (SSSR count). The summed E-state index contributed by atoms with van der Waals surface area (Å²) in [6, 6.07) is 4.27. The number of amides is 1. The summed E-state index contributed by atoms with van der Waals surface area (Å²) in [5.74, 6) is -2.81. The van der Waals surface area contributed by atoms with E-state index in [-0.39, 0.29) is 28.8 Å². The van der Waals surface area contributed by atoms with Gasteiger partial charge >= 0.3 is 5.97 Å². The SMILES string of the molecule is Cc1ccc([N+](=O)[O-])cc1NC(=O)[C@@H]1[C@@H](C(=O)O)[C@@H]2C=C[C@H]1C21CC1. The van der Waals surface area contributed by atoms with E-state index in [9.17, 15) is 24.8 Å². The quantitative estimate of drug-likeness (QED) is 0.497. The Hall–Kier alpha value is -2.70. The summed E-state index contributed by atoms with van der Waals surface area (Å²) in [5.41, 5.74) is 0.899. The Morgan fingerprint density at radius 3 is 2.44 bits per heavy atom. The predicted octanol–water partition coefficient (Wildman–Crippen LogP) is 2.75. The van der Waals surface area contributed by atoms with Crippen molar-refractivity contribution in [3.63, 3.8) is 0 Å². The Morgan fingerprint density at radius 1 is 1.24 bits per heavy atom. The van der Waals surface area contributed by atoms with Crippen molar-refractivity contribution in [3.8, 4) is 0 Å². The van der Waals surface area contributed by atoms with Crippen molar-refractivity contribution in [1.82, 2.24) is 0 Å². The van der Waals surface area contributed by atoms with Crippen LogP contribution in [0.15, 0.2) is 30.4 Å². The van der Waals surface area contributed by atoms with Crippen LogP contribution in [0.1, 0.15) is 18.4 Å². The number of rotatable bonds is 4. The minimum Gasteiger partial charge on any atom is -0.481 e. The molecule has 1 spiro atoms. The normalized spacial score (nSPS) is 30.4. The molecular formula is C18H18N2O5. The highest BCUT2D eigenvalue weighted by molar-refractivity contribution is 5.97. The van der Waals surface area contributed by atoms with Crippen molar-refractivity contribution in [3.05, 3.63) is 46.0 Å². The number of carbonyl (C=O) groups excluding carboxylic acids is 1. The number of anilines is 1. The number of carboxylic acids is 1. The van der Waals surface area contributed by atoms with Crippen LogP contribution in [0.3, 0.4) is 0 Å². The number of nitrogens with one attached hydrogen (secondary N) is 1. The topological polar surface area (TPSA) is 110 Å². The average Bonchev–Trinajstić information content (AvgIpc) is 3.22. The molecule has 2 N–H and O–H groups in total. The van der Waals surface area contributed by atoms with Crippen molar-refractivity contribution in [2.45, 2.75) is 19.8 Å². The molecule has 0 saturated heterocycles. The van der Waals surface area contributed by atoms with Crippen molar-refractivity contribution in [2.24, 2.45) is 29.1 Å². The first-order chi connectivity index (χ1) is 11.8. The van der Waals surface area contributed by atoms with Gasteiger partial charge in [0.15, 0.2) is 0 Å². The highest BCUT2D eigenvalue weighted by Crippen LogP contribution is 2.72. The van der Waals surface area contributed by atoms with Gasteiger partial charge in [0, 0.05) is 12.1 Å². The van der Waals surface area contributed by atoms with Gasteiger partial charge in [-0.05, 0) is 42.6 Å². The van der Waals surface area contributed by atoms with Crippen LogP contribution in [0.25, 0.3) is 0 Å². The summed E-state index contributed by atoms with van der Waals surface area (Å²) in [6.45, 7) is 1.75. The van der Waals surface area contributed by atoms with Gasteiger partial charge in [0.05, 0.1) is 22.4 Å². The van der Waals surface area contributed by atoms with Gasteiger partial charge in [-0.25, -0.2) is 0 Å². The Kier molecular flexibility index (Phi) is 3.25. The van der Waals surface area contributed by atoms with Crippen molar-refractivity contribution >= 4 is 23.3 Å². The van der Waals surface area contributed by atoms with Crippen LogP contribution in [0.4, 0.5) is 11.4 Å². The molecule has 2 saturated carbocycles. The Bertz CT molecular complexity index is 827. The van der Waals surface area contributed by atoms with E-state index in [2.05, 4.69) is 5.32 Å². The van der Waals surface area contributed by atoms with E-state index in [1.54, 1.807) is 13.0 Å². The lowest BCUT2D eigenvalue weighted by Gasteiger charge is -2.24. The number of allylic oxidation sites excluding steroid dienone is 2. The predicted molar refractivity (Wildman–Crippen MR) is 88.9 cm³/mol. The molecular weight excluding hydrogens is 324 g/mol. The highest BCUT2D eigenvalue weighted by Gasteiger charge is 2.70. The third-order valence-electron chi connectivity index (χ3n) is 6.12. The number of non-ortho nitro benzene ring substituents is 1. The van der Waals surface area contributed by atoms with Gasteiger partial charge in [0.2, 0.25) is 5.91 Å². The number of hydrogen-bond donors (Lipinski definition) is 2. The first-order valence-corrected chi connectivity index (χ1v) is 8.32. The fraction of sp³-hybridized carbons (Fsp3) is 0.444. The number of carbonyl (C=O) groups is 2. The molecule has 4 atom stereocenters. The maximum absolute atomic E-state index is 12.9. The maximum Gasteiger partial charge on any atom is 0.307 e. The van der Waals surface area contributed by atoms with E-state index < -0.39 is 22.7 Å². The number of nitro benzene ring substituents is 1. The zero-order valence-electron chi connectivity index (χ0n) is 13.6. The molecule has 0 aromatic heterocycles. The Labute approximate surface area is 143 Å². The smallest absolute Gasteiger partial charge is 0.307 e. The molecule has 1 amide bonds. The molecule has 1 aromatic carbocycles. The van der Waals surface area contributed by atoms with Gasteiger partial charge in [-0.1, -0.05) is 18.2 Å². The fourth-order valence-corrected chi connectivity index (χ4v) is 4.76. The summed E-state index contributed by atoms with van der Waals surface area (Å²) >= 11 is 0. The van der Waals surface area contributed by atoms with Gasteiger partial charge in [-0.15, -0.1) is 0 Å². The molecule has 0 heterocycles. The van der Waals surface area contributed by atoms with Crippen molar-refractivity contribution in [2.75, 3.05) is 5.32 Å². The lowest BCUT2D eigenvalue weighted by Crippen LogP contribution is -2.36. The monoisotopic (exact) mass is 342 g/mol. The molecule has 7 nitrogen and oxygen atoms in total. The van der Waals surface area contributed by atoms with Crippen LogP contribution in [-0.2, 0) is 9.59 Å². The number of hydrogen-bond acceptors (Lipinski definition) is 4. The van der Waals surface area contributed by atoms with Gasteiger partial charge in [0.1, 0.15) is 0 Å². The van der Waals surface area contributed by atoms with E-state index in [0.717, 1.165) is 12.8 Å².